The molecule has 6 aromatic rings. The smallest absolute Gasteiger partial charge is 0.268 e. The van der Waals surface area contributed by atoms with Gasteiger partial charge in [-0.25, -0.2) is 0 Å². The number of aliphatic hydroxyl groups is 2. The average molecular weight is 662 g/mol. The van der Waals surface area contributed by atoms with Gasteiger partial charge in [-0.05, 0) is 59.8 Å². The van der Waals surface area contributed by atoms with Crippen molar-refractivity contribution in [1.82, 2.24) is 15.0 Å². The molecule has 2 aliphatic heterocycles. The SMILES string of the molecule is C[C@@H](/C=C/CCn1cc(C(CO)c2ccccc2)nn1)[C@]1(O)C(=O)N(c2ccccc2)c2ccc(N3C(=O)c4cccc5cccc3c45)cc21. The highest BCUT2D eigenvalue weighted by Crippen LogP contribution is 2.51. The molecule has 0 bridgehead atoms. The third kappa shape index (κ3) is 5.01. The highest BCUT2D eigenvalue weighted by molar-refractivity contribution is 6.28. The van der Waals surface area contributed by atoms with Crippen LogP contribution >= 0.6 is 0 Å². The van der Waals surface area contributed by atoms with E-state index in [4.69, 9.17) is 0 Å². The zero-order chi connectivity index (χ0) is 34.4. The van der Waals surface area contributed by atoms with Gasteiger partial charge in [0.05, 0.1) is 35.2 Å². The second kappa shape index (κ2) is 12.5. The number of hydrogen-bond donors (Lipinski definition) is 2. The average Bonchev–Trinajstić information content (AvgIpc) is 3.80. The van der Waals surface area contributed by atoms with Gasteiger partial charge in [0.15, 0.2) is 5.60 Å². The molecule has 1 aromatic heterocycles. The Morgan fingerprint density at radius 3 is 2.32 bits per heavy atom. The third-order valence-electron chi connectivity index (χ3n) is 9.90. The van der Waals surface area contributed by atoms with Crippen LogP contribution in [0.1, 0.15) is 46.4 Å². The first-order valence-electron chi connectivity index (χ1n) is 16.8. The molecule has 2 N–H and O–H groups in total. The minimum atomic E-state index is -1.90. The van der Waals surface area contributed by atoms with Gasteiger partial charge in [0.1, 0.15) is 0 Å². The summed E-state index contributed by atoms with van der Waals surface area (Å²) < 4.78 is 1.73. The summed E-state index contributed by atoms with van der Waals surface area (Å²) in [6.45, 7) is 2.27. The summed E-state index contributed by atoms with van der Waals surface area (Å²) >= 11 is 0. The van der Waals surface area contributed by atoms with E-state index in [1.807, 2.05) is 134 Å². The van der Waals surface area contributed by atoms with Gasteiger partial charge >= 0.3 is 0 Å². The van der Waals surface area contributed by atoms with Crippen LogP contribution in [0.3, 0.4) is 0 Å². The quantitative estimate of drug-likeness (QED) is 0.153. The van der Waals surface area contributed by atoms with Gasteiger partial charge in [0.25, 0.3) is 11.8 Å². The number of para-hydroxylation sites is 1. The molecule has 0 aliphatic carbocycles. The molecule has 2 aliphatic rings. The second-order valence-corrected chi connectivity index (χ2v) is 12.8. The van der Waals surface area contributed by atoms with E-state index in [1.165, 1.54) is 0 Å². The minimum Gasteiger partial charge on any atom is -0.395 e. The molecule has 9 heteroatoms. The van der Waals surface area contributed by atoms with Crippen molar-refractivity contribution in [3.05, 3.63) is 156 Å². The number of anilines is 4. The molecule has 50 heavy (non-hydrogen) atoms. The van der Waals surface area contributed by atoms with E-state index in [1.54, 1.807) is 20.5 Å². The number of nitrogens with zero attached hydrogens (tertiary/aromatic N) is 5. The number of carbonyl (C=O) groups is 2. The first-order valence-corrected chi connectivity index (χ1v) is 16.8. The predicted molar refractivity (Wildman–Crippen MR) is 193 cm³/mol. The Morgan fingerprint density at radius 1 is 0.820 bits per heavy atom. The number of carbonyl (C=O) groups excluding carboxylic acids is 2. The van der Waals surface area contributed by atoms with Gasteiger partial charge in [0.2, 0.25) is 0 Å². The van der Waals surface area contributed by atoms with Crippen LogP contribution in [0, 0.1) is 5.92 Å². The molecule has 0 saturated carbocycles. The highest BCUT2D eigenvalue weighted by atomic mass is 16.3. The molecule has 0 fully saturated rings. The van der Waals surface area contributed by atoms with Gasteiger partial charge in [-0.2, -0.15) is 0 Å². The van der Waals surface area contributed by atoms with E-state index >= 15 is 0 Å². The van der Waals surface area contributed by atoms with E-state index < -0.39 is 17.4 Å². The lowest BCUT2D eigenvalue weighted by Gasteiger charge is -2.28. The van der Waals surface area contributed by atoms with E-state index in [0.717, 1.165) is 22.0 Å². The topological polar surface area (TPSA) is 112 Å². The summed E-state index contributed by atoms with van der Waals surface area (Å²) in [7, 11) is 0. The zero-order valence-corrected chi connectivity index (χ0v) is 27.4. The fourth-order valence-electron chi connectivity index (χ4n) is 7.29. The molecule has 3 heterocycles. The van der Waals surface area contributed by atoms with E-state index in [-0.39, 0.29) is 18.4 Å². The number of fused-ring (bicyclic) bond motifs is 1. The number of amides is 2. The minimum absolute atomic E-state index is 0.0789. The zero-order valence-electron chi connectivity index (χ0n) is 27.4. The van der Waals surface area contributed by atoms with Crippen LogP contribution in [0.25, 0.3) is 10.8 Å². The largest absolute Gasteiger partial charge is 0.395 e. The summed E-state index contributed by atoms with van der Waals surface area (Å²) in [6, 6.07) is 36.0. The van der Waals surface area contributed by atoms with Crippen LogP contribution in [0.4, 0.5) is 22.7 Å². The van der Waals surface area contributed by atoms with Crippen LogP contribution in [-0.2, 0) is 16.9 Å². The summed E-state index contributed by atoms with van der Waals surface area (Å²) in [5, 5.41) is 33.0. The Kier molecular flexibility index (Phi) is 7.86. The number of rotatable bonds is 10. The molecule has 3 atom stereocenters. The number of benzene rings is 5. The monoisotopic (exact) mass is 661 g/mol. The summed E-state index contributed by atoms with van der Waals surface area (Å²) in [6.07, 6.45) is 6.21. The van der Waals surface area contributed by atoms with Crippen molar-refractivity contribution in [3.63, 3.8) is 0 Å². The highest BCUT2D eigenvalue weighted by Gasteiger charge is 2.53. The molecule has 8 rings (SSSR count). The van der Waals surface area contributed by atoms with E-state index in [2.05, 4.69) is 10.3 Å². The molecule has 2 amide bonds. The molecule has 0 spiro atoms. The maximum Gasteiger partial charge on any atom is 0.268 e. The van der Waals surface area contributed by atoms with Gasteiger partial charge in [-0.1, -0.05) is 97.1 Å². The number of aryl methyl sites for hydroxylation is 1. The maximum absolute atomic E-state index is 14.3. The molecular weight excluding hydrogens is 626 g/mol. The van der Waals surface area contributed by atoms with Crippen LogP contribution in [0.5, 0.6) is 0 Å². The van der Waals surface area contributed by atoms with Gasteiger partial charge < -0.3 is 10.2 Å². The van der Waals surface area contributed by atoms with Crippen molar-refractivity contribution in [2.45, 2.75) is 31.4 Å². The van der Waals surface area contributed by atoms with Crippen molar-refractivity contribution in [1.29, 1.82) is 0 Å². The van der Waals surface area contributed by atoms with Crippen LogP contribution in [0.15, 0.2) is 134 Å². The predicted octanol–water partition coefficient (Wildman–Crippen LogP) is 7.00. The van der Waals surface area contributed by atoms with Crippen LogP contribution in [-0.4, -0.2) is 43.6 Å². The Labute approximate surface area is 289 Å². The van der Waals surface area contributed by atoms with Crippen molar-refractivity contribution < 1.29 is 19.8 Å². The number of hydrogen-bond acceptors (Lipinski definition) is 6. The number of allylic oxidation sites excluding steroid dienone is 1. The van der Waals surface area contributed by atoms with Crippen molar-refractivity contribution in [2.24, 2.45) is 5.92 Å². The summed E-state index contributed by atoms with van der Waals surface area (Å²) in [5.41, 5.74) is 3.38. The molecule has 5 aromatic carbocycles. The lowest BCUT2D eigenvalue weighted by molar-refractivity contribution is -0.138. The van der Waals surface area contributed by atoms with Crippen molar-refractivity contribution >= 4 is 45.3 Å². The molecule has 9 nitrogen and oxygen atoms in total. The number of aliphatic hydroxyl groups excluding tert-OH is 1. The molecule has 248 valence electrons. The van der Waals surface area contributed by atoms with Crippen LogP contribution in [0.2, 0.25) is 0 Å². The second-order valence-electron chi connectivity index (χ2n) is 12.8. The maximum atomic E-state index is 14.3. The van der Waals surface area contributed by atoms with Gasteiger partial charge in [0, 0.05) is 41.0 Å². The van der Waals surface area contributed by atoms with Crippen molar-refractivity contribution in [2.75, 3.05) is 16.4 Å². The molecule has 0 radical (unpaired) electrons. The standard InChI is InChI=1S/C41H35N5O4/c1-27(12-8-9-23-44-25-35(42-43-44)33(26-47)28-13-4-2-5-14-28)41(50)34-24-31(21-22-36(34)46(40(41)49)30-17-6-3-7-18-30)45-37-20-11-16-29-15-10-19-32(38(29)37)39(45)48/h2-8,10-22,24-25,27,33,47,50H,9,23,26H2,1H3/b12-8+/t27-,33?,41+/m0/s1. The lowest BCUT2D eigenvalue weighted by Crippen LogP contribution is -2.42. The summed E-state index contributed by atoms with van der Waals surface area (Å²) in [4.78, 5) is 31.4. The first kappa shape index (κ1) is 31.4. The lowest BCUT2D eigenvalue weighted by atomic mass is 9.82. The number of aromatic nitrogens is 3. The first-order chi connectivity index (χ1) is 24.4. The normalized spacial score (nSPS) is 18.0. The Morgan fingerprint density at radius 2 is 1.56 bits per heavy atom. The van der Waals surface area contributed by atoms with E-state index in [9.17, 15) is 19.8 Å². The van der Waals surface area contributed by atoms with E-state index in [0.29, 0.717) is 46.8 Å². The fourth-order valence-corrected chi connectivity index (χ4v) is 7.29. The van der Waals surface area contributed by atoms with Crippen LogP contribution < -0.4 is 9.80 Å². The summed E-state index contributed by atoms with van der Waals surface area (Å²) in [5.74, 6) is -1.49. The Bertz CT molecular complexity index is 2260. The van der Waals surface area contributed by atoms with Gasteiger partial charge in [-0.3, -0.25) is 24.1 Å². The molecule has 1 unspecified atom stereocenters. The molecular formula is C41H35N5O4. The third-order valence-corrected chi connectivity index (χ3v) is 9.90. The Balaban J connectivity index is 1.09. The Hall–Kier alpha value is -5.90. The fraction of sp³-hybridized carbons (Fsp3) is 0.171. The molecule has 0 saturated heterocycles. The van der Waals surface area contributed by atoms with Crippen molar-refractivity contribution in [3.8, 4) is 0 Å². The van der Waals surface area contributed by atoms with Gasteiger partial charge in [-0.15, -0.1) is 5.10 Å².